The van der Waals surface area contributed by atoms with Crippen molar-refractivity contribution < 1.29 is 4.79 Å². The lowest BCUT2D eigenvalue weighted by molar-refractivity contribution is 0.0912. The topological polar surface area (TPSA) is 42.0 Å². The molecule has 0 radical (unpaired) electrons. The minimum absolute atomic E-state index is 0.125. The second-order valence-electron chi connectivity index (χ2n) is 6.51. The molecule has 1 aliphatic carbocycles. The van der Waals surface area contributed by atoms with Gasteiger partial charge in [-0.05, 0) is 42.9 Å². The smallest absolute Gasteiger partial charge is 0.254 e. The molecule has 1 atom stereocenters. The molecule has 1 saturated carbocycles. The van der Waals surface area contributed by atoms with Gasteiger partial charge in [0, 0.05) is 12.2 Å². The quantitative estimate of drug-likeness (QED) is 0.803. The normalized spacial score (nSPS) is 16.5. The first-order valence-electron chi connectivity index (χ1n) is 8.69. The molecule has 1 aromatic heterocycles. The highest BCUT2D eigenvalue weighted by molar-refractivity contribution is 6.32. The predicted molar refractivity (Wildman–Crippen MR) is 97.2 cm³/mol. The number of hydrogen-bond donors (Lipinski definition) is 1. The summed E-state index contributed by atoms with van der Waals surface area (Å²) in [6, 6.07) is 14.0. The van der Waals surface area contributed by atoms with Gasteiger partial charge < -0.3 is 5.32 Å². The monoisotopic (exact) mass is 342 g/mol. The minimum atomic E-state index is -0.125. The van der Waals surface area contributed by atoms with Crippen LogP contribution in [-0.2, 0) is 6.42 Å². The molecule has 126 valence electrons. The van der Waals surface area contributed by atoms with E-state index in [0.29, 0.717) is 11.5 Å². The Balaban J connectivity index is 1.76. The molecule has 1 fully saturated rings. The predicted octanol–water partition coefficient (Wildman–Crippen LogP) is 4.66. The molecule has 1 aliphatic rings. The summed E-state index contributed by atoms with van der Waals surface area (Å²) < 4.78 is 0. The Morgan fingerprint density at radius 2 is 1.88 bits per heavy atom. The van der Waals surface area contributed by atoms with Crippen molar-refractivity contribution in [3.63, 3.8) is 0 Å². The molecule has 0 bridgehead atoms. The Hall–Kier alpha value is -1.87. The van der Waals surface area contributed by atoms with Gasteiger partial charge in [0.05, 0.1) is 5.56 Å². The number of rotatable bonds is 5. The number of pyridine rings is 1. The van der Waals surface area contributed by atoms with Crippen molar-refractivity contribution in [1.29, 1.82) is 0 Å². The van der Waals surface area contributed by atoms with Gasteiger partial charge in [-0.15, -0.1) is 0 Å². The molecular formula is C20H23ClN2O. The van der Waals surface area contributed by atoms with Crippen LogP contribution in [0.4, 0.5) is 0 Å². The second kappa shape index (κ2) is 8.29. The van der Waals surface area contributed by atoms with E-state index < -0.39 is 0 Å². The fourth-order valence-corrected chi connectivity index (χ4v) is 3.75. The molecule has 2 aromatic rings. The molecule has 3 rings (SSSR count). The van der Waals surface area contributed by atoms with Crippen molar-refractivity contribution in [3.05, 3.63) is 64.9 Å². The minimum Gasteiger partial charge on any atom is -0.349 e. The number of benzene rings is 1. The summed E-state index contributed by atoms with van der Waals surface area (Å²) in [5.41, 5.74) is 1.71. The van der Waals surface area contributed by atoms with Crippen LogP contribution >= 0.6 is 11.6 Å². The maximum absolute atomic E-state index is 12.7. The van der Waals surface area contributed by atoms with Crippen molar-refractivity contribution in [2.75, 3.05) is 0 Å². The van der Waals surface area contributed by atoms with Crippen LogP contribution in [0.2, 0.25) is 5.15 Å². The van der Waals surface area contributed by atoms with E-state index >= 15 is 0 Å². The van der Waals surface area contributed by atoms with Gasteiger partial charge in [0.1, 0.15) is 5.15 Å². The third kappa shape index (κ3) is 4.35. The molecule has 1 heterocycles. The van der Waals surface area contributed by atoms with Gasteiger partial charge in [-0.1, -0.05) is 61.2 Å². The number of aromatic nitrogens is 1. The lowest BCUT2D eigenvalue weighted by Gasteiger charge is -2.31. The summed E-state index contributed by atoms with van der Waals surface area (Å²) in [6.07, 6.45) is 8.61. The van der Waals surface area contributed by atoms with Gasteiger partial charge in [-0.25, -0.2) is 4.98 Å². The Bertz CT molecular complexity index is 668. The van der Waals surface area contributed by atoms with Crippen molar-refractivity contribution in [3.8, 4) is 0 Å². The number of halogens is 1. The van der Waals surface area contributed by atoms with Crippen LogP contribution in [-0.4, -0.2) is 16.9 Å². The highest BCUT2D eigenvalue weighted by Crippen LogP contribution is 2.28. The van der Waals surface area contributed by atoms with Crippen LogP contribution in [0, 0.1) is 5.92 Å². The van der Waals surface area contributed by atoms with Crippen LogP contribution in [0.1, 0.15) is 48.0 Å². The third-order valence-electron chi connectivity index (χ3n) is 4.84. The molecular weight excluding hydrogens is 320 g/mol. The van der Waals surface area contributed by atoms with Crippen LogP contribution < -0.4 is 5.32 Å². The Kier molecular flexibility index (Phi) is 5.86. The van der Waals surface area contributed by atoms with Crippen molar-refractivity contribution >= 4 is 17.5 Å². The zero-order chi connectivity index (χ0) is 16.8. The number of carbonyl (C=O) groups excluding carboxylic acids is 1. The van der Waals surface area contributed by atoms with Crippen molar-refractivity contribution in [1.82, 2.24) is 10.3 Å². The maximum atomic E-state index is 12.7. The maximum Gasteiger partial charge on any atom is 0.254 e. The van der Waals surface area contributed by atoms with Crippen LogP contribution in [0.5, 0.6) is 0 Å². The molecule has 0 aliphatic heterocycles. The van der Waals surface area contributed by atoms with Gasteiger partial charge >= 0.3 is 0 Å². The lowest BCUT2D eigenvalue weighted by atomic mass is 9.81. The average molecular weight is 343 g/mol. The van der Waals surface area contributed by atoms with Gasteiger partial charge in [0.15, 0.2) is 0 Å². The standard InChI is InChI=1S/C20H23ClN2O/c21-19-17(12-7-13-22-19)20(24)23-18(16-10-5-2-6-11-16)14-15-8-3-1-4-9-15/h1,3-4,7-9,12-13,16,18H,2,5-6,10-11,14H2,(H,23,24). The molecule has 0 saturated heterocycles. The van der Waals surface area contributed by atoms with E-state index in [1.54, 1.807) is 18.3 Å². The highest BCUT2D eigenvalue weighted by Gasteiger charge is 2.26. The first-order chi connectivity index (χ1) is 11.7. The fraction of sp³-hybridized carbons (Fsp3) is 0.400. The van der Waals surface area contributed by atoms with E-state index in [-0.39, 0.29) is 17.1 Å². The largest absolute Gasteiger partial charge is 0.349 e. The number of nitrogens with zero attached hydrogens (tertiary/aromatic N) is 1. The first kappa shape index (κ1) is 17.0. The Morgan fingerprint density at radius 3 is 2.58 bits per heavy atom. The molecule has 1 amide bonds. The number of amides is 1. The van der Waals surface area contributed by atoms with Crippen LogP contribution in [0.15, 0.2) is 48.7 Å². The summed E-state index contributed by atoms with van der Waals surface area (Å²) >= 11 is 6.08. The fourth-order valence-electron chi connectivity index (χ4n) is 3.54. The molecule has 0 spiro atoms. The van der Waals surface area contributed by atoms with Crippen molar-refractivity contribution in [2.24, 2.45) is 5.92 Å². The van der Waals surface area contributed by atoms with E-state index in [1.165, 1.54) is 37.7 Å². The summed E-state index contributed by atoms with van der Waals surface area (Å²) in [6.45, 7) is 0. The van der Waals surface area contributed by atoms with E-state index in [0.717, 1.165) is 6.42 Å². The third-order valence-corrected chi connectivity index (χ3v) is 5.14. The van der Waals surface area contributed by atoms with E-state index in [4.69, 9.17) is 11.6 Å². The van der Waals surface area contributed by atoms with Gasteiger partial charge in [0.25, 0.3) is 5.91 Å². The summed E-state index contributed by atoms with van der Waals surface area (Å²) in [7, 11) is 0. The molecule has 1 N–H and O–H groups in total. The van der Waals surface area contributed by atoms with E-state index in [1.807, 2.05) is 18.2 Å². The van der Waals surface area contributed by atoms with E-state index in [9.17, 15) is 4.79 Å². The molecule has 1 unspecified atom stereocenters. The number of carbonyl (C=O) groups is 1. The number of nitrogens with one attached hydrogen (secondary N) is 1. The average Bonchev–Trinajstić information content (AvgIpc) is 2.63. The van der Waals surface area contributed by atoms with E-state index in [2.05, 4.69) is 22.4 Å². The zero-order valence-electron chi connectivity index (χ0n) is 13.7. The molecule has 3 nitrogen and oxygen atoms in total. The van der Waals surface area contributed by atoms with Crippen LogP contribution in [0.25, 0.3) is 0 Å². The summed E-state index contributed by atoms with van der Waals surface area (Å²) in [4.78, 5) is 16.7. The second-order valence-corrected chi connectivity index (χ2v) is 6.87. The first-order valence-corrected chi connectivity index (χ1v) is 9.07. The highest BCUT2D eigenvalue weighted by atomic mass is 35.5. The molecule has 4 heteroatoms. The van der Waals surface area contributed by atoms with Crippen molar-refractivity contribution in [2.45, 2.75) is 44.6 Å². The summed E-state index contributed by atoms with van der Waals surface area (Å²) in [5.74, 6) is 0.401. The Labute approximate surface area is 148 Å². The Morgan fingerprint density at radius 1 is 1.12 bits per heavy atom. The molecule has 1 aromatic carbocycles. The summed E-state index contributed by atoms with van der Waals surface area (Å²) in [5, 5.41) is 3.49. The van der Waals surface area contributed by atoms with Gasteiger partial charge in [0.2, 0.25) is 0 Å². The molecule has 24 heavy (non-hydrogen) atoms. The van der Waals surface area contributed by atoms with Crippen LogP contribution in [0.3, 0.4) is 0 Å². The van der Waals surface area contributed by atoms with Gasteiger partial charge in [-0.3, -0.25) is 4.79 Å². The lowest BCUT2D eigenvalue weighted by Crippen LogP contribution is -2.42. The van der Waals surface area contributed by atoms with Gasteiger partial charge in [-0.2, -0.15) is 0 Å². The number of hydrogen-bond acceptors (Lipinski definition) is 2. The zero-order valence-corrected chi connectivity index (χ0v) is 14.5. The SMILES string of the molecule is O=C(NC(Cc1ccccc1)C1CCCCC1)c1cccnc1Cl.